The van der Waals surface area contributed by atoms with Gasteiger partial charge in [-0.25, -0.2) is 4.98 Å². The van der Waals surface area contributed by atoms with Crippen molar-refractivity contribution in [3.05, 3.63) is 40.0 Å². The van der Waals surface area contributed by atoms with Crippen LogP contribution in [0.2, 0.25) is 0 Å². The Labute approximate surface area is 130 Å². The number of nitrogens with one attached hydrogen (secondary N) is 1. The van der Waals surface area contributed by atoms with Gasteiger partial charge in [0.15, 0.2) is 5.17 Å². The topological polar surface area (TPSA) is 61.4 Å². The van der Waals surface area contributed by atoms with Gasteiger partial charge in [0.25, 0.3) is 5.91 Å². The number of carbonyl (C=O) groups is 1. The molecule has 3 rings (SSSR count). The minimum atomic E-state index is -0.0101. The number of likely N-dealkylation sites (N-methyl/N-ethyl adjacent to an activating group) is 1. The number of thiazole rings is 1. The third-order valence-corrected chi connectivity index (χ3v) is 4.77. The molecule has 0 saturated carbocycles. The first-order valence-electron chi connectivity index (χ1n) is 6.53. The molecule has 0 spiro atoms. The molecule has 2 aromatic rings. The standard InChI is InChI=1S/C14H14N4OS2/c1-3-18-12(19)11(7-10-5-4-6-15-10)21-14(18)17-13-16-9(2)8-20-13/h4-8,15H,3H2,1-2H3/b11-7+,17-14+. The Kier molecular flexibility index (Phi) is 3.94. The van der Waals surface area contributed by atoms with E-state index in [4.69, 9.17) is 0 Å². The summed E-state index contributed by atoms with van der Waals surface area (Å²) in [7, 11) is 0. The summed E-state index contributed by atoms with van der Waals surface area (Å²) in [6.07, 6.45) is 3.69. The Morgan fingerprint density at radius 3 is 3.00 bits per heavy atom. The lowest BCUT2D eigenvalue weighted by Crippen LogP contribution is -2.28. The summed E-state index contributed by atoms with van der Waals surface area (Å²) in [5, 5.41) is 3.32. The van der Waals surface area contributed by atoms with Crippen LogP contribution in [-0.4, -0.2) is 32.5 Å². The monoisotopic (exact) mass is 318 g/mol. The van der Waals surface area contributed by atoms with Crippen LogP contribution >= 0.6 is 23.1 Å². The maximum absolute atomic E-state index is 12.4. The summed E-state index contributed by atoms with van der Waals surface area (Å²) >= 11 is 2.87. The fraction of sp³-hybridized carbons (Fsp3) is 0.214. The second-order valence-electron chi connectivity index (χ2n) is 4.45. The Hall–Kier alpha value is -1.86. The molecule has 108 valence electrons. The summed E-state index contributed by atoms with van der Waals surface area (Å²) in [5.74, 6) is -0.0101. The normalized spacial score (nSPS) is 19.1. The van der Waals surface area contributed by atoms with Crippen LogP contribution in [0, 0.1) is 6.92 Å². The summed E-state index contributed by atoms with van der Waals surface area (Å²) in [6, 6.07) is 3.83. The van der Waals surface area contributed by atoms with Crippen molar-refractivity contribution < 1.29 is 4.79 Å². The molecule has 1 aliphatic heterocycles. The van der Waals surface area contributed by atoms with Gasteiger partial charge in [-0.05, 0) is 43.8 Å². The van der Waals surface area contributed by atoms with Crippen molar-refractivity contribution in [3.8, 4) is 0 Å². The number of amidine groups is 1. The summed E-state index contributed by atoms with van der Waals surface area (Å²) in [4.78, 5) is 26.6. The van der Waals surface area contributed by atoms with E-state index in [0.717, 1.165) is 11.4 Å². The number of aliphatic imine (C=N–C) groups is 1. The Morgan fingerprint density at radius 2 is 2.38 bits per heavy atom. The molecule has 21 heavy (non-hydrogen) atoms. The van der Waals surface area contributed by atoms with Gasteiger partial charge < -0.3 is 4.98 Å². The zero-order valence-electron chi connectivity index (χ0n) is 11.7. The number of nitrogens with zero attached hydrogens (tertiary/aromatic N) is 3. The first-order valence-corrected chi connectivity index (χ1v) is 8.22. The highest BCUT2D eigenvalue weighted by Crippen LogP contribution is 2.34. The smallest absolute Gasteiger partial charge is 0.266 e. The molecule has 0 radical (unpaired) electrons. The van der Waals surface area contributed by atoms with E-state index in [1.807, 2.05) is 43.6 Å². The van der Waals surface area contributed by atoms with Gasteiger partial charge >= 0.3 is 0 Å². The van der Waals surface area contributed by atoms with Crippen molar-refractivity contribution in [2.24, 2.45) is 4.99 Å². The van der Waals surface area contributed by atoms with Gasteiger partial charge in [0, 0.05) is 23.8 Å². The van der Waals surface area contributed by atoms with E-state index >= 15 is 0 Å². The van der Waals surface area contributed by atoms with E-state index in [1.54, 1.807) is 4.90 Å². The van der Waals surface area contributed by atoms with Crippen LogP contribution in [0.4, 0.5) is 5.13 Å². The van der Waals surface area contributed by atoms with E-state index < -0.39 is 0 Å². The minimum Gasteiger partial charge on any atom is -0.362 e. The summed E-state index contributed by atoms with van der Waals surface area (Å²) < 4.78 is 0. The Morgan fingerprint density at radius 1 is 1.52 bits per heavy atom. The maximum atomic E-state index is 12.4. The quantitative estimate of drug-likeness (QED) is 0.882. The van der Waals surface area contributed by atoms with Gasteiger partial charge in [-0.2, -0.15) is 4.99 Å². The molecular weight excluding hydrogens is 304 g/mol. The van der Waals surface area contributed by atoms with E-state index in [2.05, 4.69) is 15.0 Å². The predicted molar refractivity (Wildman–Crippen MR) is 87.7 cm³/mol. The Bertz CT molecular complexity index is 715. The van der Waals surface area contributed by atoms with Crippen LogP contribution in [-0.2, 0) is 4.79 Å². The summed E-state index contributed by atoms with van der Waals surface area (Å²) in [5.41, 5.74) is 1.85. The largest absolute Gasteiger partial charge is 0.362 e. The number of aryl methyl sites for hydroxylation is 1. The molecule has 0 bridgehead atoms. The number of rotatable bonds is 3. The molecule has 7 heteroatoms. The number of aromatic amines is 1. The van der Waals surface area contributed by atoms with Crippen LogP contribution in [0.25, 0.3) is 6.08 Å². The maximum Gasteiger partial charge on any atom is 0.266 e. The van der Waals surface area contributed by atoms with Gasteiger partial charge in [0.2, 0.25) is 5.13 Å². The number of carbonyl (C=O) groups excluding carboxylic acids is 1. The fourth-order valence-corrected chi connectivity index (χ4v) is 3.68. The molecule has 0 aromatic carbocycles. The van der Waals surface area contributed by atoms with Crippen LogP contribution in [0.3, 0.4) is 0 Å². The number of hydrogen-bond donors (Lipinski definition) is 1. The number of amides is 1. The van der Waals surface area contributed by atoms with Crippen LogP contribution < -0.4 is 0 Å². The van der Waals surface area contributed by atoms with E-state index in [-0.39, 0.29) is 5.91 Å². The van der Waals surface area contributed by atoms with Gasteiger partial charge in [-0.15, -0.1) is 11.3 Å². The molecular formula is C14H14N4OS2. The first-order chi connectivity index (χ1) is 10.2. The van der Waals surface area contributed by atoms with Gasteiger partial charge in [0.1, 0.15) is 0 Å². The zero-order valence-corrected chi connectivity index (χ0v) is 13.3. The highest BCUT2D eigenvalue weighted by Gasteiger charge is 2.32. The van der Waals surface area contributed by atoms with Gasteiger partial charge in [-0.1, -0.05) is 0 Å². The zero-order chi connectivity index (χ0) is 14.8. The molecule has 1 fully saturated rings. The van der Waals surface area contributed by atoms with Crippen molar-refractivity contribution in [2.45, 2.75) is 13.8 Å². The van der Waals surface area contributed by atoms with Crippen molar-refractivity contribution in [3.63, 3.8) is 0 Å². The van der Waals surface area contributed by atoms with Crippen LogP contribution in [0.5, 0.6) is 0 Å². The molecule has 3 heterocycles. The lowest BCUT2D eigenvalue weighted by Gasteiger charge is -2.11. The molecule has 1 saturated heterocycles. The summed E-state index contributed by atoms with van der Waals surface area (Å²) in [6.45, 7) is 4.47. The van der Waals surface area contributed by atoms with E-state index in [9.17, 15) is 4.79 Å². The van der Waals surface area contributed by atoms with Crippen LogP contribution in [0.1, 0.15) is 18.3 Å². The second-order valence-corrected chi connectivity index (χ2v) is 6.30. The van der Waals surface area contributed by atoms with Gasteiger partial charge in [-0.3, -0.25) is 9.69 Å². The second kappa shape index (κ2) is 5.87. The lowest BCUT2D eigenvalue weighted by molar-refractivity contribution is -0.122. The average molecular weight is 318 g/mol. The number of thioether (sulfide) groups is 1. The molecule has 2 aromatic heterocycles. The minimum absolute atomic E-state index is 0.0101. The molecule has 1 N–H and O–H groups in total. The van der Waals surface area contributed by atoms with Crippen molar-refractivity contribution in [1.29, 1.82) is 0 Å². The molecule has 1 aliphatic rings. The van der Waals surface area contributed by atoms with Gasteiger partial charge in [0.05, 0.1) is 10.6 Å². The lowest BCUT2D eigenvalue weighted by atomic mass is 10.3. The number of aromatic nitrogens is 2. The Balaban J connectivity index is 1.92. The molecule has 0 aliphatic carbocycles. The highest BCUT2D eigenvalue weighted by molar-refractivity contribution is 8.18. The number of hydrogen-bond acceptors (Lipinski definition) is 5. The fourth-order valence-electron chi connectivity index (χ4n) is 1.92. The molecule has 0 atom stereocenters. The SMILES string of the molecule is CCN1C(=O)/C(=C\c2ccc[nH]2)S/C1=N/c1nc(C)cs1. The van der Waals surface area contributed by atoms with Crippen LogP contribution in [0.15, 0.2) is 33.6 Å². The molecule has 0 unspecified atom stereocenters. The number of H-pyrrole nitrogens is 1. The molecule has 5 nitrogen and oxygen atoms in total. The highest BCUT2D eigenvalue weighted by atomic mass is 32.2. The third kappa shape index (κ3) is 2.93. The van der Waals surface area contributed by atoms with Crippen molar-refractivity contribution in [1.82, 2.24) is 14.9 Å². The first kappa shape index (κ1) is 14.1. The van der Waals surface area contributed by atoms with Crippen molar-refractivity contribution in [2.75, 3.05) is 6.54 Å². The van der Waals surface area contributed by atoms with E-state index in [0.29, 0.717) is 21.7 Å². The van der Waals surface area contributed by atoms with Crippen molar-refractivity contribution >= 4 is 45.4 Å². The predicted octanol–water partition coefficient (Wildman–Crippen LogP) is 3.40. The average Bonchev–Trinajstić information content (AvgIpc) is 3.15. The molecule has 1 amide bonds. The third-order valence-electron chi connectivity index (χ3n) is 2.91. The van der Waals surface area contributed by atoms with E-state index in [1.165, 1.54) is 23.1 Å².